The molecular formula is C60H39N3. The Morgan fingerprint density at radius 1 is 0.317 bits per heavy atom. The van der Waals surface area contributed by atoms with Gasteiger partial charge < -0.3 is 0 Å². The van der Waals surface area contributed by atoms with Crippen molar-refractivity contribution in [2.75, 3.05) is 0 Å². The summed E-state index contributed by atoms with van der Waals surface area (Å²) in [5.74, 6) is 0.687. The van der Waals surface area contributed by atoms with Crippen molar-refractivity contribution >= 4 is 0 Å². The normalized spacial score (nSPS) is 12.2. The summed E-state index contributed by atoms with van der Waals surface area (Å²) in [6.07, 6.45) is 0. The van der Waals surface area contributed by atoms with E-state index in [0.29, 0.717) is 11.4 Å². The van der Waals surface area contributed by atoms with Crippen molar-refractivity contribution in [2.24, 2.45) is 0 Å². The number of rotatable bonds is 8. The smallest absolute Gasteiger partial charge is 0.160 e. The first-order valence-electron chi connectivity index (χ1n) is 21.3. The second-order valence-corrected chi connectivity index (χ2v) is 16.0. The Morgan fingerprint density at radius 3 is 1.32 bits per heavy atom. The lowest BCUT2D eigenvalue weighted by Crippen LogP contribution is -2.28. The Balaban J connectivity index is 0.962. The van der Waals surface area contributed by atoms with Gasteiger partial charge in [-0.1, -0.05) is 206 Å². The van der Waals surface area contributed by atoms with Gasteiger partial charge in [0, 0.05) is 16.7 Å². The van der Waals surface area contributed by atoms with Crippen LogP contribution in [0, 0.1) is 11.3 Å². The minimum atomic E-state index is -0.594. The van der Waals surface area contributed by atoms with E-state index in [2.05, 4.69) is 212 Å². The molecule has 0 unspecified atom stereocenters. The lowest BCUT2D eigenvalue weighted by atomic mass is 9.67. The minimum Gasteiger partial charge on any atom is -0.228 e. The predicted molar refractivity (Wildman–Crippen MR) is 257 cm³/mol. The van der Waals surface area contributed by atoms with Gasteiger partial charge >= 0.3 is 0 Å². The molecule has 0 N–H and O–H groups in total. The van der Waals surface area contributed by atoms with Crippen LogP contribution in [0.5, 0.6) is 0 Å². The molecule has 11 rings (SSSR count). The molecular weight excluding hydrogens is 763 g/mol. The molecule has 3 nitrogen and oxygen atoms in total. The average molecular weight is 802 g/mol. The van der Waals surface area contributed by atoms with Crippen molar-refractivity contribution in [1.82, 2.24) is 9.97 Å². The number of hydrogen-bond acceptors (Lipinski definition) is 3. The fourth-order valence-electron chi connectivity index (χ4n) is 9.37. The largest absolute Gasteiger partial charge is 0.228 e. The average Bonchev–Trinajstić information content (AvgIpc) is 3.67. The van der Waals surface area contributed by atoms with Crippen LogP contribution in [0.2, 0.25) is 0 Å². The molecule has 0 fully saturated rings. The van der Waals surface area contributed by atoms with Crippen LogP contribution >= 0.6 is 0 Å². The first-order chi connectivity index (χ1) is 31.2. The van der Waals surface area contributed by atoms with Crippen molar-refractivity contribution in [3.63, 3.8) is 0 Å². The van der Waals surface area contributed by atoms with Crippen LogP contribution in [0.15, 0.2) is 237 Å². The van der Waals surface area contributed by atoms with Gasteiger partial charge in [0.25, 0.3) is 0 Å². The number of nitriles is 1. The molecule has 63 heavy (non-hydrogen) atoms. The molecule has 1 aromatic heterocycles. The fraction of sp³-hybridized carbons (Fsp3) is 0.0167. The van der Waals surface area contributed by atoms with Crippen LogP contribution in [0.25, 0.3) is 78.4 Å². The first kappa shape index (κ1) is 37.5. The predicted octanol–water partition coefficient (Wildman–Crippen LogP) is 14.7. The van der Waals surface area contributed by atoms with Crippen LogP contribution in [0.4, 0.5) is 0 Å². The lowest BCUT2D eigenvalue weighted by Gasteiger charge is -2.34. The molecule has 3 heteroatoms. The van der Waals surface area contributed by atoms with Crippen LogP contribution in [0.1, 0.15) is 27.8 Å². The van der Waals surface area contributed by atoms with E-state index in [9.17, 15) is 5.26 Å². The van der Waals surface area contributed by atoms with Crippen molar-refractivity contribution < 1.29 is 0 Å². The highest BCUT2D eigenvalue weighted by Gasteiger charge is 2.46. The summed E-state index contributed by atoms with van der Waals surface area (Å²) in [6, 6.07) is 85.7. The summed E-state index contributed by atoms with van der Waals surface area (Å²) in [5, 5.41) is 10.1. The highest BCUT2D eigenvalue weighted by Crippen LogP contribution is 2.57. The first-order valence-corrected chi connectivity index (χ1v) is 21.3. The lowest BCUT2D eigenvalue weighted by molar-refractivity contribution is 0.768. The summed E-state index contributed by atoms with van der Waals surface area (Å²) in [4.78, 5) is 10.3. The number of fused-ring (bicyclic) bond motifs is 3. The van der Waals surface area contributed by atoms with E-state index in [4.69, 9.17) is 9.97 Å². The zero-order chi connectivity index (χ0) is 42.2. The Labute approximate surface area is 368 Å². The molecule has 0 aliphatic heterocycles. The van der Waals surface area contributed by atoms with Gasteiger partial charge in [-0.25, -0.2) is 9.97 Å². The second kappa shape index (κ2) is 15.9. The fourth-order valence-corrected chi connectivity index (χ4v) is 9.37. The molecule has 294 valence electrons. The maximum Gasteiger partial charge on any atom is 0.160 e. The zero-order valence-corrected chi connectivity index (χ0v) is 34.4. The number of nitrogens with zero attached hydrogens (tertiary/aromatic N) is 3. The van der Waals surface area contributed by atoms with Crippen molar-refractivity contribution in [2.45, 2.75) is 5.41 Å². The van der Waals surface area contributed by atoms with Crippen molar-refractivity contribution in [3.05, 3.63) is 264 Å². The van der Waals surface area contributed by atoms with E-state index in [1.165, 1.54) is 27.8 Å². The SMILES string of the molecule is N#Cc1ccc2c(c1)C(c1ccccc1)(c1ccccc1)c1cc(-c3ccc(-c4cccc(-c5cc(-c6ccccc6)nc(-c6ccc(-c7ccccc7)cc6)n5)c4)cc3)ccc1-2. The van der Waals surface area contributed by atoms with Gasteiger partial charge in [-0.15, -0.1) is 0 Å². The number of hydrogen-bond donors (Lipinski definition) is 0. The van der Waals surface area contributed by atoms with Crippen LogP contribution in [-0.4, -0.2) is 9.97 Å². The number of benzene rings is 9. The van der Waals surface area contributed by atoms with E-state index >= 15 is 0 Å². The molecule has 10 aromatic rings. The summed E-state index contributed by atoms with van der Waals surface area (Å²) in [6.45, 7) is 0. The van der Waals surface area contributed by atoms with Gasteiger partial charge in [0.15, 0.2) is 5.82 Å². The maximum absolute atomic E-state index is 10.1. The van der Waals surface area contributed by atoms with Gasteiger partial charge in [-0.05, 0) is 97.1 Å². The third-order valence-electron chi connectivity index (χ3n) is 12.4. The molecule has 0 saturated heterocycles. The standard InChI is InChI=1S/C60H39N3/c61-40-41-24-34-53-54-35-33-49(38-56(54)60(55(53)36-41,51-20-9-3-10-21-51)52-22-11-4-12-23-52)45-27-25-44(26-28-45)48-18-13-19-50(37-48)58-39-57(46-16-7-2-8-17-46)62-59(63-58)47-31-29-43(30-32-47)42-14-5-1-6-15-42/h1-39H. The topological polar surface area (TPSA) is 49.6 Å². The molecule has 0 radical (unpaired) electrons. The van der Waals surface area contributed by atoms with Gasteiger partial charge in [0.05, 0.1) is 28.4 Å². The molecule has 0 atom stereocenters. The Bertz CT molecular complexity index is 3260. The minimum absolute atomic E-state index is 0.594. The molecule has 0 saturated carbocycles. The van der Waals surface area contributed by atoms with Crippen molar-refractivity contribution in [1.29, 1.82) is 5.26 Å². The third-order valence-corrected chi connectivity index (χ3v) is 12.4. The zero-order valence-electron chi connectivity index (χ0n) is 34.4. The maximum atomic E-state index is 10.1. The Hall–Kier alpha value is -8.45. The highest BCUT2D eigenvalue weighted by molar-refractivity contribution is 5.89. The summed E-state index contributed by atoms with van der Waals surface area (Å²) in [7, 11) is 0. The Morgan fingerprint density at radius 2 is 0.730 bits per heavy atom. The molecule has 1 aliphatic rings. The molecule has 9 aromatic carbocycles. The van der Waals surface area contributed by atoms with E-state index in [0.717, 1.165) is 67.0 Å². The van der Waals surface area contributed by atoms with Crippen molar-refractivity contribution in [3.8, 4) is 84.5 Å². The second-order valence-electron chi connectivity index (χ2n) is 16.0. The summed E-state index contributed by atoms with van der Waals surface area (Å²) in [5.41, 5.74) is 18.7. The van der Waals surface area contributed by atoms with Crippen LogP contribution < -0.4 is 0 Å². The quantitative estimate of drug-likeness (QED) is 0.154. The Kier molecular flexibility index (Phi) is 9.45. The van der Waals surface area contributed by atoms with E-state index < -0.39 is 5.41 Å². The third kappa shape index (κ3) is 6.72. The molecule has 0 bridgehead atoms. The monoisotopic (exact) mass is 801 g/mol. The molecule has 1 aliphatic carbocycles. The van der Waals surface area contributed by atoms with E-state index in [-0.39, 0.29) is 0 Å². The van der Waals surface area contributed by atoms with Gasteiger partial charge in [-0.3, -0.25) is 0 Å². The van der Waals surface area contributed by atoms with Gasteiger partial charge in [-0.2, -0.15) is 5.26 Å². The molecule has 0 amide bonds. The van der Waals surface area contributed by atoms with Gasteiger partial charge in [0.1, 0.15) is 0 Å². The highest BCUT2D eigenvalue weighted by atomic mass is 14.9. The van der Waals surface area contributed by atoms with Crippen LogP contribution in [0.3, 0.4) is 0 Å². The summed E-state index contributed by atoms with van der Waals surface area (Å²) < 4.78 is 0. The van der Waals surface area contributed by atoms with E-state index in [1.807, 2.05) is 30.3 Å². The van der Waals surface area contributed by atoms with E-state index in [1.54, 1.807) is 0 Å². The summed E-state index contributed by atoms with van der Waals surface area (Å²) >= 11 is 0. The molecule has 1 heterocycles. The van der Waals surface area contributed by atoms with Crippen LogP contribution in [-0.2, 0) is 5.41 Å². The number of aromatic nitrogens is 2. The molecule has 0 spiro atoms. The van der Waals surface area contributed by atoms with Gasteiger partial charge in [0.2, 0.25) is 0 Å².